The molecule has 3 aromatic carbocycles. The van der Waals surface area contributed by atoms with Crippen molar-refractivity contribution in [2.24, 2.45) is 0 Å². The lowest BCUT2D eigenvalue weighted by Crippen LogP contribution is -2.35. The third-order valence-electron chi connectivity index (χ3n) is 5.84. The van der Waals surface area contributed by atoms with Crippen molar-refractivity contribution in [3.05, 3.63) is 107 Å². The topological polar surface area (TPSA) is 41.1 Å². The van der Waals surface area contributed by atoms with Crippen molar-refractivity contribution in [3.63, 3.8) is 0 Å². The van der Waals surface area contributed by atoms with Crippen molar-refractivity contribution in [3.8, 4) is 23.5 Å². The van der Waals surface area contributed by atoms with Gasteiger partial charge in [0.2, 0.25) is 0 Å². The maximum atomic E-state index is 14.4. The highest BCUT2D eigenvalue weighted by molar-refractivity contribution is 6.31. The maximum absolute atomic E-state index is 14.4. The number of terminal acetylenes is 1. The molecular formula is C28H24ClFN2O. The summed E-state index contributed by atoms with van der Waals surface area (Å²) in [7, 11) is 0. The molecule has 0 saturated heterocycles. The van der Waals surface area contributed by atoms with Crippen LogP contribution in [0.25, 0.3) is 11.1 Å². The van der Waals surface area contributed by atoms with E-state index in [-0.39, 0.29) is 11.7 Å². The van der Waals surface area contributed by atoms with Gasteiger partial charge in [0.15, 0.2) is 0 Å². The lowest BCUT2D eigenvalue weighted by atomic mass is 9.96. The Morgan fingerprint density at radius 2 is 1.85 bits per heavy atom. The quantitative estimate of drug-likeness (QED) is 0.416. The summed E-state index contributed by atoms with van der Waals surface area (Å²) in [6.45, 7) is 4.38. The Bertz CT molecular complexity index is 1260. The van der Waals surface area contributed by atoms with E-state index in [1.54, 1.807) is 30.3 Å². The van der Waals surface area contributed by atoms with Gasteiger partial charge in [0.25, 0.3) is 5.91 Å². The number of carbonyl (C=O) groups excluding carboxylic acids is 1. The number of rotatable bonds is 8. The fraction of sp³-hybridized carbons (Fsp3) is 0.179. The first-order valence-corrected chi connectivity index (χ1v) is 11.1. The van der Waals surface area contributed by atoms with Crippen LogP contribution in [0.5, 0.6) is 0 Å². The van der Waals surface area contributed by atoms with Crippen LogP contribution in [0.1, 0.15) is 34.3 Å². The molecule has 3 nitrogen and oxygen atoms in total. The van der Waals surface area contributed by atoms with Crippen LogP contribution >= 0.6 is 11.6 Å². The van der Waals surface area contributed by atoms with Gasteiger partial charge in [-0.05, 0) is 59.9 Å². The predicted octanol–water partition coefficient (Wildman–Crippen LogP) is 5.84. The minimum atomic E-state index is -0.520. The van der Waals surface area contributed by atoms with Gasteiger partial charge in [0, 0.05) is 28.3 Å². The van der Waals surface area contributed by atoms with Crippen molar-refractivity contribution in [2.45, 2.75) is 24.8 Å². The van der Waals surface area contributed by atoms with E-state index in [0.717, 1.165) is 29.7 Å². The van der Waals surface area contributed by atoms with Gasteiger partial charge in [-0.3, -0.25) is 4.79 Å². The highest BCUT2D eigenvalue weighted by Gasteiger charge is 2.46. The molecule has 1 amide bonds. The highest BCUT2D eigenvalue weighted by atomic mass is 35.5. The number of carbonyl (C=O) groups is 1. The molecule has 33 heavy (non-hydrogen) atoms. The van der Waals surface area contributed by atoms with E-state index < -0.39 is 5.54 Å². The summed E-state index contributed by atoms with van der Waals surface area (Å²) in [4.78, 5) is 13.3. The Morgan fingerprint density at radius 3 is 2.58 bits per heavy atom. The molecule has 0 spiro atoms. The highest BCUT2D eigenvalue weighted by Crippen LogP contribution is 2.47. The van der Waals surface area contributed by atoms with Gasteiger partial charge in [0.1, 0.15) is 5.82 Å². The third-order valence-corrected chi connectivity index (χ3v) is 6.06. The van der Waals surface area contributed by atoms with Crippen molar-refractivity contribution in [1.29, 1.82) is 0 Å². The Morgan fingerprint density at radius 1 is 1.12 bits per heavy atom. The number of benzene rings is 3. The van der Waals surface area contributed by atoms with Crippen molar-refractivity contribution in [2.75, 3.05) is 6.54 Å². The van der Waals surface area contributed by atoms with Crippen LogP contribution in [-0.2, 0) is 12.0 Å². The molecule has 0 bridgehead atoms. The van der Waals surface area contributed by atoms with Crippen molar-refractivity contribution >= 4 is 17.5 Å². The van der Waals surface area contributed by atoms with E-state index in [9.17, 15) is 9.18 Å². The van der Waals surface area contributed by atoms with Gasteiger partial charge in [-0.25, -0.2) is 4.39 Å². The Balaban J connectivity index is 1.59. The van der Waals surface area contributed by atoms with Crippen LogP contribution in [0, 0.1) is 18.2 Å². The fourth-order valence-corrected chi connectivity index (χ4v) is 4.21. The van der Waals surface area contributed by atoms with Gasteiger partial charge in [-0.15, -0.1) is 6.42 Å². The predicted molar refractivity (Wildman–Crippen MR) is 131 cm³/mol. The molecule has 3 aromatic rings. The van der Waals surface area contributed by atoms with Crippen molar-refractivity contribution < 1.29 is 9.18 Å². The Hall–Kier alpha value is -3.55. The summed E-state index contributed by atoms with van der Waals surface area (Å²) < 4.78 is 14.4. The maximum Gasteiger partial charge on any atom is 0.252 e. The normalized spacial score (nSPS) is 13.6. The molecule has 2 N–H and O–H groups in total. The first kappa shape index (κ1) is 22.6. The molecule has 1 fully saturated rings. The van der Waals surface area contributed by atoms with E-state index in [1.165, 1.54) is 6.07 Å². The molecule has 0 heterocycles. The average Bonchev–Trinajstić information content (AvgIpc) is 3.58. The zero-order chi connectivity index (χ0) is 23.4. The van der Waals surface area contributed by atoms with E-state index in [1.807, 2.05) is 30.3 Å². The summed E-state index contributed by atoms with van der Waals surface area (Å²) in [5.41, 5.74) is 3.72. The minimum Gasteiger partial charge on any atom is -0.378 e. The van der Waals surface area contributed by atoms with Crippen LogP contribution in [0.15, 0.2) is 79.0 Å². The van der Waals surface area contributed by atoms with Gasteiger partial charge in [-0.1, -0.05) is 60.5 Å². The fourth-order valence-electron chi connectivity index (χ4n) is 3.98. The number of nitrogens with one attached hydrogen (secondary N) is 2. The van der Waals surface area contributed by atoms with Gasteiger partial charge in [-0.2, -0.15) is 0 Å². The third kappa shape index (κ3) is 5.10. The lowest BCUT2D eigenvalue weighted by molar-refractivity contribution is 0.0930. The zero-order valence-electron chi connectivity index (χ0n) is 18.1. The zero-order valence-corrected chi connectivity index (χ0v) is 18.9. The summed E-state index contributed by atoms with van der Waals surface area (Å²) in [6, 6.07) is 19.5. The molecule has 0 aliphatic heterocycles. The molecule has 4 rings (SSSR count). The Labute approximate surface area is 198 Å². The monoisotopic (exact) mass is 458 g/mol. The summed E-state index contributed by atoms with van der Waals surface area (Å²) in [5, 5.41) is 6.76. The van der Waals surface area contributed by atoms with E-state index in [4.69, 9.17) is 18.0 Å². The Kier molecular flexibility index (Phi) is 6.53. The molecule has 1 aliphatic rings. The van der Waals surface area contributed by atoms with Gasteiger partial charge < -0.3 is 10.6 Å². The van der Waals surface area contributed by atoms with Crippen LogP contribution in [0.4, 0.5) is 4.39 Å². The smallest absolute Gasteiger partial charge is 0.252 e. The van der Waals surface area contributed by atoms with E-state index in [2.05, 4.69) is 23.1 Å². The van der Waals surface area contributed by atoms with E-state index >= 15 is 0 Å². The molecule has 166 valence electrons. The first-order chi connectivity index (χ1) is 15.9. The molecule has 0 radical (unpaired) electrons. The second-order valence-corrected chi connectivity index (χ2v) is 8.68. The summed E-state index contributed by atoms with van der Waals surface area (Å²) in [5.74, 6) is 2.04. The van der Waals surface area contributed by atoms with Crippen LogP contribution in [0.3, 0.4) is 0 Å². The number of allylic oxidation sites excluding steroid dienone is 1. The summed E-state index contributed by atoms with van der Waals surface area (Å²) >= 11 is 6.40. The van der Waals surface area contributed by atoms with Crippen LogP contribution in [-0.4, -0.2) is 12.5 Å². The molecule has 5 heteroatoms. The molecule has 0 aromatic heterocycles. The second-order valence-electron chi connectivity index (χ2n) is 8.24. The standard InChI is InChI=1S/C28H24ClFN2O/c1-3-14-31-19(2)15-20-8-4-5-10-25(20)27(33)32-28(12-13-28)22-16-21(17-23(29)18-22)24-9-6-7-11-26(24)30/h1,4-11,16-18,31H,2,12-15H2,(H,32,33). The molecule has 0 atom stereocenters. The number of hydrogen-bond acceptors (Lipinski definition) is 2. The minimum absolute atomic E-state index is 0.166. The SMILES string of the molecule is C#CCNC(=C)Cc1ccccc1C(=O)NC1(c2cc(Cl)cc(-c3ccccc3F)c2)CC1. The molecule has 1 saturated carbocycles. The molecule has 0 unspecified atom stereocenters. The largest absolute Gasteiger partial charge is 0.378 e. The second kappa shape index (κ2) is 9.52. The van der Waals surface area contributed by atoms with Gasteiger partial charge >= 0.3 is 0 Å². The number of halogens is 2. The van der Waals surface area contributed by atoms with Gasteiger partial charge in [0.05, 0.1) is 12.1 Å². The van der Waals surface area contributed by atoms with Crippen LogP contribution < -0.4 is 10.6 Å². The number of hydrogen-bond donors (Lipinski definition) is 2. The lowest BCUT2D eigenvalue weighted by Gasteiger charge is -2.21. The van der Waals surface area contributed by atoms with Crippen molar-refractivity contribution in [1.82, 2.24) is 10.6 Å². The molecule has 1 aliphatic carbocycles. The average molecular weight is 459 g/mol. The summed E-state index contributed by atoms with van der Waals surface area (Å²) in [6.07, 6.45) is 7.36. The first-order valence-electron chi connectivity index (χ1n) is 10.7. The number of amides is 1. The molecular weight excluding hydrogens is 435 g/mol. The van der Waals surface area contributed by atoms with E-state index in [0.29, 0.717) is 34.7 Å². The van der Waals surface area contributed by atoms with Crippen LogP contribution in [0.2, 0.25) is 5.02 Å².